The summed E-state index contributed by atoms with van der Waals surface area (Å²) in [5.74, 6) is 2.70. The number of amides is 1. The van der Waals surface area contributed by atoms with Gasteiger partial charge in [-0.25, -0.2) is 0 Å². The molecule has 0 aromatic heterocycles. The molecule has 6 heteroatoms. The number of hydrogen-bond donors (Lipinski definition) is 0. The first kappa shape index (κ1) is 21.3. The summed E-state index contributed by atoms with van der Waals surface area (Å²) >= 11 is 1.92. The van der Waals surface area contributed by atoms with Gasteiger partial charge in [0.25, 0.3) is 5.91 Å². The average molecular weight is 407 g/mol. The van der Waals surface area contributed by atoms with Crippen LogP contribution in [0.5, 0.6) is 11.5 Å². The first-order valence-corrected chi connectivity index (χ1v) is 11.9. The minimum absolute atomic E-state index is 0.0817. The summed E-state index contributed by atoms with van der Waals surface area (Å²) in [6, 6.07) is 6.20. The van der Waals surface area contributed by atoms with Gasteiger partial charge in [-0.15, -0.1) is 0 Å². The van der Waals surface area contributed by atoms with E-state index in [0.717, 1.165) is 57.6 Å². The van der Waals surface area contributed by atoms with E-state index in [9.17, 15) is 4.79 Å². The Morgan fingerprint density at radius 1 is 1.21 bits per heavy atom. The zero-order valence-corrected chi connectivity index (χ0v) is 18.3. The highest BCUT2D eigenvalue weighted by molar-refractivity contribution is 7.98. The van der Waals surface area contributed by atoms with Crippen molar-refractivity contribution in [2.75, 3.05) is 45.3 Å². The van der Waals surface area contributed by atoms with Crippen molar-refractivity contribution in [3.8, 4) is 11.5 Å². The zero-order chi connectivity index (χ0) is 19.9. The quantitative estimate of drug-likeness (QED) is 0.655. The number of methoxy groups -OCH3 is 1. The van der Waals surface area contributed by atoms with E-state index >= 15 is 0 Å². The topological polar surface area (TPSA) is 42.0 Å². The van der Waals surface area contributed by atoms with Crippen molar-refractivity contribution in [3.05, 3.63) is 23.8 Å². The van der Waals surface area contributed by atoms with Crippen LogP contribution in [0.4, 0.5) is 0 Å². The number of rotatable bonds is 8. The Labute approximate surface area is 173 Å². The third-order valence-corrected chi connectivity index (χ3v) is 6.59. The van der Waals surface area contributed by atoms with Gasteiger partial charge in [0.2, 0.25) is 0 Å². The second-order valence-electron chi connectivity index (χ2n) is 7.85. The molecule has 1 unspecified atom stereocenters. The van der Waals surface area contributed by atoms with Crippen molar-refractivity contribution >= 4 is 17.7 Å². The van der Waals surface area contributed by atoms with Crippen LogP contribution in [0.15, 0.2) is 18.2 Å². The third kappa shape index (κ3) is 5.35. The van der Waals surface area contributed by atoms with Crippen molar-refractivity contribution in [1.82, 2.24) is 9.80 Å². The van der Waals surface area contributed by atoms with Crippen molar-refractivity contribution in [2.45, 2.75) is 51.2 Å². The van der Waals surface area contributed by atoms with Gasteiger partial charge >= 0.3 is 0 Å². The smallest absolute Gasteiger partial charge is 0.257 e. The molecule has 0 saturated carbocycles. The molecule has 1 amide bonds. The van der Waals surface area contributed by atoms with Crippen LogP contribution in [0.3, 0.4) is 0 Å². The van der Waals surface area contributed by atoms with Gasteiger partial charge in [0, 0.05) is 38.3 Å². The second kappa shape index (κ2) is 10.4. The number of likely N-dealkylation sites (tertiary alicyclic amines) is 2. The number of benzene rings is 1. The molecule has 1 aromatic carbocycles. The van der Waals surface area contributed by atoms with Gasteiger partial charge in [-0.05, 0) is 63.2 Å². The predicted molar refractivity (Wildman–Crippen MR) is 116 cm³/mol. The Hall–Kier alpha value is -1.40. The van der Waals surface area contributed by atoms with Crippen molar-refractivity contribution in [3.63, 3.8) is 0 Å². The Balaban J connectivity index is 1.64. The maximum Gasteiger partial charge on any atom is 0.257 e. The van der Waals surface area contributed by atoms with Crippen LogP contribution in [-0.4, -0.2) is 73.2 Å². The van der Waals surface area contributed by atoms with Gasteiger partial charge in [0.15, 0.2) is 0 Å². The number of nitrogens with zero attached hydrogens (tertiary/aromatic N) is 2. The van der Waals surface area contributed by atoms with Crippen LogP contribution < -0.4 is 9.47 Å². The average Bonchev–Trinajstić information content (AvgIpc) is 3.27. The van der Waals surface area contributed by atoms with E-state index in [1.165, 1.54) is 12.2 Å². The molecule has 5 nitrogen and oxygen atoms in total. The van der Waals surface area contributed by atoms with Gasteiger partial charge in [0.1, 0.15) is 17.6 Å². The molecule has 0 bridgehead atoms. The number of ether oxygens (including phenoxy) is 2. The normalized spacial score (nSPS) is 19.6. The molecule has 2 saturated heterocycles. The van der Waals surface area contributed by atoms with E-state index in [1.54, 1.807) is 7.11 Å². The predicted octanol–water partition coefficient (Wildman–Crippen LogP) is 3.92. The standard InChI is InChI=1S/C22H34N2O3S/c1-17(10-15-28-3)23-13-8-18(9-14-23)27-21-16-19(26-2)6-7-20(21)22(25)24-11-4-5-12-24/h6-7,16-18H,4-5,8-15H2,1-3H3. The van der Waals surface area contributed by atoms with Crippen LogP contribution in [-0.2, 0) is 0 Å². The van der Waals surface area contributed by atoms with E-state index < -0.39 is 0 Å². The molecule has 2 heterocycles. The molecule has 156 valence electrons. The molecule has 2 fully saturated rings. The molecule has 3 rings (SSSR count). The second-order valence-corrected chi connectivity index (χ2v) is 8.83. The molecule has 2 aliphatic rings. The summed E-state index contributed by atoms with van der Waals surface area (Å²) in [4.78, 5) is 17.4. The number of thioether (sulfide) groups is 1. The van der Waals surface area contributed by atoms with E-state index in [4.69, 9.17) is 9.47 Å². The first-order chi connectivity index (χ1) is 13.6. The van der Waals surface area contributed by atoms with Crippen LogP contribution >= 0.6 is 11.8 Å². The summed E-state index contributed by atoms with van der Waals surface area (Å²) in [6.07, 6.45) is 7.73. The monoisotopic (exact) mass is 406 g/mol. The summed E-state index contributed by atoms with van der Waals surface area (Å²) in [5, 5.41) is 0. The van der Waals surface area contributed by atoms with E-state index in [-0.39, 0.29) is 12.0 Å². The molecule has 0 radical (unpaired) electrons. The minimum Gasteiger partial charge on any atom is -0.497 e. The molecule has 0 spiro atoms. The lowest BCUT2D eigenvalue weighted by Gasteiger charge is -2.36. The number of carbonyl (C=O) groups excluding carboxylic acids is 1. The van der Waals surface area contributed by atoms with E-state index in [1.807, 2.05) is 34.9 Å². The molecule has 28 heavy (non-hydrogen) atoms. The Morgan fingerprint density at radius 3 is 2.57 bits per heavy atom. The summed E-state index contributed by atoms with van der Waals surface area (Å²) in [7, 11) is 1.65. The largest absolute Gasteiger partial charge is 0.497 e. The lowest BCUT2D eigenvalue weighted by molar-refractivity contribution is 0.0724. The highest BCUT2D eigenvalue weighted by Gasteiger charge is 2.27. The van der Waals surface area contributed by atoms with Crippen LogP contribution in [0.1, 0.15) is 49.4 Å². The lowest BCUT2D eigenvalue weighted by atomic mass is 10.0. The third-order valence-electron chi connectivity index (χ3n) is 5.95. The van der Waals surface area contributed by atoms with Gasteiger partial charge in [-0.3, -0.25) is 4.79 Å². The van der Waals surface area contributed by atoms with Gasteiger partial charge in [-0.2, -0.15) is 11.8 Å². The van der Waals surface area contributed by atoms with Crippen molar-refractivity contribution in [1.29, 1.82) is 0 Å². The molecule has 1 aromatic rings. The summed E-state index contributed by atoms with van der Waals surface area (Å²) in [6.45, 7) is 6.12. The maximum absolute atomic E-state index is 12.9. The number of carbonyl (C=O) groups is 1. The molecular formula is C22H34N2O3S. The van der Waals surface area contributed by atoms with Gasteiger partial charge < -0.3 is 19.3 Å². The van der Waals surface area contributed by atoms with Crippen LogP contribution in [0.25, 0.3) is 0 Å². The Bertz CT molecular complexity index is 641. The van der Waals surface area contributed by atoms with E-state index in [0.29, 0.717) is 17.4 Å². The maximum atomic E-state index is 12.9. The number of piperidine rings is 1. The van der Waals surface area contributed by atoms with Gasteiger partial charge in [0.05, 0.1) is 12.7 Å². The van der Waals surface area contributed by atoms with Crippen LogP contribution in [0.2, 0.25) is 0 Å². The summed E-state index contributed by atoms with van der Waals surface area (Å²) < 4.78 is 11.7. The van der Waals surface area contributed by atoms with Crippen LogP contribution in [0, 0.1) is 0 Å². The van der Waals surface area contributed by atoms with Gasteiger partial charge in [-0.1, -0.05) is 0 Å². The highest BCUT2D eigenvalue weighted by atomic mass is 32.2. The Morgan fingerprint density at radius 2 is 1.93 bits per heavy atom. The molecule has 0 N–H and O–H groups in total. The van der Waals surface area contributed by atoms with Crippen molar-refractivity contribution in [2.24, 2.45) is 0 Å². The lowest BCUT2D eigenvalue weighted by Crippen LogP contribution is -2.43. The molecule has 2 aliphatic heterocycles. The zero-order valence-electron chi connectivity index (χ0n) is 17.5. The minimum atomic E-state index is 0.0817. The number of hydrogen-bond acceptors (Lipinski definition) is 5. The fraction of sp³-hybridized carbons (Fsp3) is 0.682. The van der Waals surface area contributed by atoms with E-state index in [2.05, 4.69) is 18.1 Å². The molecule has 1 atom stereocenters. The summed E-state index contributed by atoms with van der Waals surface area (Å²) in [5.41, 5.74) is 0.665. The fourth-order valence-corrected chi connectivity index (χ4v) is 4.66. The molecular weight excluding hydrogens is 372 g/mol. The SMILES string of the molecule is COc1ccc(C(=O)N2CCCC2)c(OC2CCN(C(C)CCSC)CC2)c1. The highest BCUT2D eigenvalue weighted by Crippen LogP contribution is 2.30. The van der Waals surface area contributed by atoms with Crippen molar-refractivity contribution < 1.29 is 14.3 Å². The fourth-order valence-electron chi connectivity index (χ4n) is 4.08. The Kier molecular flexibility index (Phi) is 7.91. The first-order valence-electron chi connectivity index (χ1n) is 10.5. The molecule has 0 aliphatic carbocycles.